The Bertz CT molecular complexity index is 137. The lowest BCUT2D eigenvalue weighted by Crippen LogP contribution is -2.16. The maximum Gasteiger partial charge on any atom is 0.404 e. The third kappa shape index (κ3) is 8.93. The van der Waals surface area contributed by atoms with Crippen LogP contribution in [0.4, 0.5) is 4.79 Å². The Morgan fingerprint density at radius 1 is 1.42 bits per heavy atom. The Balaban J connectivity index is 2.90. The number of carbonyl (C=O) groups excluding carboxylic acids is 1. The fourth-order valence-electron chi connectivity index (χ4n) is 0.450. The lowest BCUT2D eigenvalue weighted by atomic mass is 10.7. The second-order valence-electron chi connectivity index (χ2n) is 1.85. The third-order valence-electron chi connectivity index (χ3n) is 0.874. The van der Waals surface area contributed by atoms with Gasteiger partial charge in [0.05, 0.1) is 13.2 Å². The molecule has 0 saturated heterocycles. The summed E-state index contributed by atoms with van der Waals surface area (Å²) in [6, 6.07) is 0. The Labute approximate surface area is 71.1 Å². The van der Waals surface area contributed by atoms with Crippen LogP contribution < -0.4 is 5.73 Å². The third-order valence-corrected chi connectivity index (χ3v) is 0.874. The van der Waals surface area contributed by atoms with E-state index in [-0.39, 0.29) is 20.0 Å². The van der Waals surface area contributed by atoms with Crippen molar-refractivity contribution >= 4 is 6.09 Å². The van der Waals surface area contributed by atoms with E-state index in [0.29, 0.717) is 6.61 Å². The molecule has 0 aliphatic carbocycles. The standard InChI is InChI=1S/C7H13NO4/c1-2-3-10-6-11-4-5-12-7(8)9/h2H,1,3-6H2,(H2,8,9). The smallest absolute Gasteiger partial charge is 0.404 e. The van der Waals surface area contributed by atoms with Crippen LogP contribution in [0, 0.1) is 0 Å². The zero-order valence-electron chi connectivity index (χ0n) is 6.82. The minimum Gasteiger partial charge on any atom is -0.447 e. The number of hydrogen-bond acceptors (Lipinski definition) is 4. The quantitative estimate of drug-likeness (QED) is 0.342. The first-order valence-corrected chi connectivity index (χ1v) is 3.46. The van der Waals surface area contributed by atoms with E-state index in [9.17, 15) is 4.79 Å². The van der Waals surface area contributed by atoms with Gasteiger partial charge in [-0.3, -0.25) is 0 Å². The zero-order valence-corrected chi connectivity index (χ0v) is 6.82. The largest absolute Gasteiger partial charge is 0.447 e. The van der Waals surface area contributed by atoms with Gasteiger partial charge < -0.3 is 19.9 Å². The van der Waals surface area contributed by atoms with Gasteiger partial charge in [-0.1, -0.05) is 6.08 Å². The Morgan fingerprint density at radius 2 is 2.17 bits per heavy atom. The second kappa shape index (κ2) is 8.03. The highest BCUT2D eigenvalue weighted by Gasteiger charge is 1.92. The molecule has 0 aromatic rings. The maximum atomic E-state index is 10.0. The molecule has 70 valence electrons. The monoisotopic (exact) mass is 175 g/mol. The van der Waals surface area contributed by atoms with Crippen molar-refractivity contribution in [2.45, 2.75) is 0 Å². The van der Waals surface area contributed by atoms with E-state index in [4.69, 9.17) is 15.2 Å². The summed E-state index contributed by atoms with van der Waals surface area (Å²) in [5.74, 6) is 0. The summed E-state index contributed by atoms with van der Waals surface area (Å²) in [4.78, 5) is 10.0. The van der Waals surface area contributed by atoms with Crippen LogP contribution in [0.1, 0.15) is 0 Å². The molecule has 5 heteroatoms. The van der Waals surface area contributed by atoms with E-state index in [1.807, 2.05) is 0 Å². The lowest BCUT2D eigenvalue weighted by molar-refractivity contribution is -0.0541. The van der Waals surface area contributed by atoms with Gasteiger partial charge in [0.2, 0.25) is 0 Å². The van der Waals surface area contributed by atoms with E-state index in [1.54, 1.807) is 6.08 Å². The van der Waals surface area contributed by atoms with Gasteiger partial charge in [0.25, 0.3) is 0 Å². The maximum absolute atomic E-state index is 10.0. The Morgan fingerprint density at radius 3 is 2.75 bits per heavy atom. The van der Waals surface area contributed by atoms with Crippen molar-refractivity contribution in [3.05, 3.63) is 12.7 Å². The van der Waals surface area contributed by atoms with Gasteiger partial charge in [0.1, 0.15) is 13.4 Å². The number of primary amides is 1. The van der Waals surface area contributed by atoms with Gasteiger partial charge in [-0.15, -0.1) is 6.58 Å². The van der Waals surface area contributed by atoms with E-state index < -0.39 is 6.09 Å². The van der Waals surface area contributed by atoms with Crippen LogP contribution >= 0.6 is 0 Å². The van der Waals surface area contributed by atoms with Crippen molar-refractivity contribution in [1.82, 2.24) is 0 Å². The van der Waals surface area contributed by atoms with Crippen molar-refractivity contribution in [1.29, 1.82) is 0 Å². The molecule has 5 nitrogen and oxygen atoms in total. The van der Waals surface area contributed by atoms with Gasteiger partial charge in [0.15, 0.2) is 0 Å². The molecular formula is C7H13NO4. The second-order valence-corrected chi connectivity index (χ2v) is 1.85. The van der Waals surface area contributed by atoms with Crippen molar-refractivity contribution in [3.8, 4) is 0 Å². The summed E-state index contributed by atoms with van der Waals surface area (Å²) < 4.78 is 14.1. The van der Waals surface area contributed by atoms with Gasteiger partial charge in [-0.05, 0) is 0 Å². The number of carbonyl (C=O) groups is 1. The minimum atomic E-state index is -0.800. The van der Waals surface area contributed by atoms with Crippen molar-refractivity contribution < 1.29 is 19.0 Å². The van der Waals surface area contributed by atoms with E-state index in [2.05, 4.69) is 11.3 Å². The average Bonchev–Trinajstić information content (AvgIpc) is 2.02. The van der Waals surface area contributed by atoms with Crippen LogP contribution in [0.15, 0.2) is 12.7 Å². The Kier molecular flexibility index (Phi) is 7.31. The van der Waals surface area contributed by atoms with Gasteiger partial charge >= 0.3 is 6.09 Å². The van der Waals surface area contributed by atoms with E-state index in [0.717, 1.165) is 0 Å². The summed E-state index contributed by atoms with van der Waals surface area (Å²) >= 11 is 0. The summed E-state index contributed by atoms with van der Waals surface area (Å²) in [5, 5.41) is 0. The SMILES string of the molecule is C=CCOCOCCOC(N)=O. The number of ether oxygens (including phenoxy) is 3. The molecule has 0 radical (unpaired) electrons. The molecule has 0 aromatic heterocycles. The van der Waals surface area contributed by atoms with Crippen LogP contribution in [-0.4, -0.2) is 32.7 Å². The molecule has 0 saturated carbocycles. The lowest BCUT2D eigenvalue weighted by Gasteiger charge is -2.03. The summed E-state index contributed by atoms with van der Waals surface area (Å²) in [6.07, 6.45) is 0.814. The molecule has 12 heavy (non-hydrogen) atoms. The molecule has 0 aromatic carbocycles. The highest BCUT2D eigenvalue weighted by Crippen LogP contribution is 1.80. The minimum absolute atomic E-state index is 0.146. The fraction of sp³-hybridized carbons (Fsp3) is 0.571. The molecule has 0 bridgehead atoms. The highest BCUT2D eigenvalue weighted by molar-refractivity contribution is 5.64. The molecule has 0 unspecified atom stereocenters. The normalized spacial score (nSPS) is 9.33. The number of nitrogens with two attached hydrogens (primary N) is 1. The zero-order chi connectivity index (χ0) is 9.23. The number of amides is 1. The van der Waals surface area contributed by atoms with Gasteiger partial charge in [-0.25, -0.2) is 4.79 Å². The molecular weight excluding hydrogens is 162 g/mol. The summed E-state index contributed by atoms with van der Waals surface area (Å²) in [5.41, 5.74) is 4.69. The molecule has 0 aliphatic heterocycles. The number of hydrogen-bond donors (Lipinski definition) is 1. The van der Waals surface area contributed by atoms with Crippen molar-refractivity contribution in [2.24, 2.45) is 5.73 Å². The highest BCUT2D eigenvalue weighted by atomic mass is 16.7. The van der Waals surface area contributed by atoms with Crippen LogP contribution in [0.25, 0.3) is 0 Å². The molecule has 0 heterocycles. The molecule has 0 atom stereocenters. The Hall–Kier alpha value is -1.07. The van der Waals surface area contributed by atoms with Gasteiger partial charge in [0, 0.05) is 0 Å². The average molecular weight is 175 g/mol. The van der Waals surface area contributed by atoms with Gasteiger partial charge in [-0.2, -0.15) is 0 Å². The molecule has 1 amide bonds. The fourth-order valence-corrected chi connectivity index (χ4v) is 0.450. The van der Waals surface area contributed by atoms with Crippen LogP contribution in [0.2, 0.25) is 0 Å². The predicted molar refractivity (Wildman–Crippen MR) is 42.5 cm³/mol. The molecule has 0 fully saturated rings. The molecule has 0 spiro atoms. The van der Waals surface area contributed by atoms with Crippen LogP contribution in [0.3, 0.4) is 0 Å². The number of rotatable bonds is 7. The van der Waals surface area contributed by atoms with Crippen LogP contribution in [-0.2, 0) is 14.2 Å². The topological polar surface area (TPSA) is 70.8 Å². The summed E-state index contributed by atoms with van der Waals surface area (Å²) in [7, 11) is 0. The summed E-state index contributed by atoms with van der Waals surface area (Å²) in [6.45, 7) is 4.48. The molecule has 2 N–H and O–H groups in total. The first-order chi connectivity index (χ1) is 5.77. The van der Waals surface area contributed by atoms with Crippen molar-refractivity contribution in [3.63, 3.8) is 0 Å². The first kappa shape index (κ1) is 10.9. The van der Waals surface area contributed by atoms with E-state index >= 15 is 0 Å². The molecule has 0 aliphatic rings. The first-order valence-electron chi connectivity index (χ1n) is 3.46. The predicted octanol–water partition coefficient (Wildman–Crippen LogP) is 0.258. The molecule has 0 rings (SSSR count). The van der Waals surface area contributed by atoms with Crippen LogP contribution in [0.5, 0.6) is 0 Å². The van der Waals surface area contributed by atoms with E-state index in [1.165, 1.54) is 0 Å². The van der Waals surface area contributed by atoms with Crippen molar-refractivity contribution in [2.75, 3.05) is 26.6 Å².